The van der Waals surface area contributed by atoms with Crippen LogP contribution in [-0.2, 0) is 4.79 Å². The quantitative estimate of drug-likeness (QED) is 0.632. The number of para-hydroxylation sites is 1. The Morgan fingerprint density at radius 2 is 2.04 bits per heavy atom. The molecule has 0 saturated heterocycles. The van der Waals surface area contributed by atoms with E-state index >= 15 is 0 Å². The van der Waals surface area contributed by atoms with Gasteiger partial charge in [0.25, 0.3) is 0 Å². The summed E-state index contributed by atoms with van der Waals surface area (Å²) in [5.74, 6) is 1.37. The molecule has 26 heavy (non-hydrogen) atoms. The monoisotopic (exact) mass is 390 g/mol. The van der Waals surface area contributed by atoms with Gasteiger partial charge in [-0.1, -0.05) is 48.2 Å². The first-order valence-corrected chi connectivity index (χ1v) is 10.9. The first-order valence-electron chi connectivity index (χ1n) is 9.14. The molecule has 7 heteroatoms. The first kappa shape index (κ1) is 19.2. The number of thioether (sulfide) groups is 1. The van der Waals surface area contributed by atoms with Crippen molar-refractivity contribution in [3.63, 3.8) is 0 Å². The number of hydrogen-bond acceptors (Lipinski definition) is 6. The van der Waals surface area contributed by atoms with E-state index < -0.39 is 0 Å². The molecule has 1 aliphatic rings. The van der Waals surface area contributed by atoms with E-state index in [0.29, 0.717) is 5.75 Å². The van der Waals surface area contributed by atoms with Gasteiger partial charge in [-0.15, -0.1) is 10.2 Å². The number of anilines is 2. The number of benzene rings is 1. The Bertz CT molecular complexity index is 737. The van der Waals surface area contributed by atoms with Crippen LogP contribution in [0.1, 0.15) is 37.3 Å². The summed E-state index contributed by atoms with van der Waals surface area (Å²) in [6.45, 7) is 8.05. The Labute approximate surface area is 163 Å². The molecule has 0 radical (unpaired) electrons. The standard InChI is InChI=1S/C19H26N4OS2/c1-4-10-23(11-15-8-9-15)16(24)12-25-19-22-21-18(26-19)20-17-13(2)6-5-7-14(17)3/h5-7,15H,4,8-12H2,1-3H3,(H,20,21). The molecule has 1 saturated carbocycles. The average Bonchev–Trinajstić information content (AvgIpc) is 3.32. The van der Waals surface area contributed by atoms with E-state index in [2.05, 4.69) is 48.4 Å². The van der Waals surface area contributed by atoms with Gasteiger partial charge in [0, 0.05) is 18.8 Å². The summed E-state index contributed by atoms with van der Waals surface area (Å²) in [4.78, 5) is 14.5. The lowest BCUT2D eigenvalue weighted by atomic mass is 10.1. The number of nitrogens with one attached hydrogen (secondary N) is 1. The molecule has 0 bridgehead atoms. The first-order chi connectivity index (χ1) is 12.6. The van der Waals surface area contributed by atoms with Gasteiger partial charge in [0.1, 0.15) is 0 Å². The molecule has 0 spiro atoms. The van der Waals surface area contributed by atoms with Crippen LogP contribution in [0, 0.1) is 19.8 Å². The summed E-state index contributed by atoms with van der Waals surface area (Å²) in [5.41, 5.74) is 3.44. The average molecular weight is 391 g/mol. The smallest absolute Gasteiger partial charge is 0.233 e. The number of carbonyl (C=O) groups excluding carboxylic acids is 1. The molecular weight excluding hydrogens is 364 g/mol. The fraction of sp³-hybridized carbons (Fsp3) is 0.526. The van der Waals surface area contributed by atoms with E-state index in [1.807, 2.05) is 11.0 Å². The fourth-order valence-electron chi connectivity index (χ4n) is 2.85. The van der Waals surface area contributed by atoms with Crippen molar-refractivity contribution in [1.82, 2.24) is 15.1 Å². The van der Waals surface area contributed by atoms with Gasteiger partial charge in [0.15, 0.2) is 4.34 Å². The highest BCUT2D eigenvalue weighted by Gasteiger charge is 2.26. The molecule has 2 aromatic rings. The third-order valence-electron chi connectivity index (χ3n) is 4.46. The van der Waals surface area contributed by atoms with Gasteiger partial charge >= 0.3 is 0 Å². The van der Waals surface area contributed by atoms with Crippen LogP contribution in [0.15, 0.2) is 22.5 Å². The second kappa shape index (κ2) is 8.86. The zero-order chi connectivity index (χ0) is 18.5. The Balaban J connectivity index is 1.55. The maximum Gasteiger partial charge on any atom is 0.233 e. The van der Waals surface area contributed by atoms with E-state index in [4.69, 9.17) is 0 Å². The van der Waals surface area contributed by atoms with E-state index in [1.165, 1.54) is 47.1 Å². The molecule has 1 aromatic carbocycles. The highest BCUT2D eigenvalue weighted by atomic mass is 32.2. The van der Waals surface area contributed by atoms with Crippen molar-refractivity contribution in [2.75, 3.05) is 24.2 Å². The van der Waals surface area contributed by atoms with Gasteiger partial charge in [-0.2, -0.15) is 0 Å². The van der Waals surface area contributed by atoms with Crippen LogP contribution in [0.3, 0.4) is 0 Å². The molecule has 0 aliphatic heterocycles. The van der Waals surface area contributed by atoms with E-state index in [9.17, 15) is 4.79 Å². The summed E-state index contributed by atoms with van der Waals surface area (Å²) < 4.78 is 0.829. The number of hydrogen-bond donors (Lipinski definition) is 1. The molecular formula is C19H26N4OS2. The second-order valence-electron chi connectivity index (χ2n) is 6.84. The third kappa shape index (κ3) is 5.20. The Hall–Kier alpha value is -1.60. The number of aromatic nitrogens is 2. The minimum Gasteiger partial charge on any atom is -0.342 e. The van der Waals surface area contributed by atoms with Crippen LogP contribution < -0.4 is 5.32 Å². The molecule has 1 N–H and O–H groups in total. The second-order valence-corrected chi connectivity index (χ2v) is 9.04. The number of aryl methyl sites for hydroxylation is 2. The van der Waals surface area contributed by atoms with Gasteiger partial charge < -0.3 is 10.2 Å². The lowest BCUT2D eigenvalue weighted by Gasteiger charge is -2.21. The maximum absolute atomic E-state index is 12.5. The lowest BCUT2D eigenvalue weighted by Crippen LogP contribution is -2.34. The normalized spacial score (nSPS) is 13.7. The topological polar surface area (TPSA) is 58.1 Å². The van der Waals surface area contributed by atoms with Gasteiger partial charge in [-0.3, -0.25) is 4.79 Å². The molecule has 3 rings (SSSR count). The van der Waals surface area contributed by atoms with Gasteiger partial charge in [0.05, 0.1) is 5.75 Å². The van der Waals surface area contributed by atoms with Crippen LogP contribution in [0.25, 0.3) is 0 Å². The van der Waals surface area contributed by atoms with Gasteiger partial charge in [-0.25, -0.2) is 0 Å². The lowest BCUT2D eigenvalue weighted by molar-refractivity contribution is -0.128. The molecule has 1 fully saturated rings. The van der Waals surface area contributed by atoms with Crippen LogP contribution in [-0.4, -0.2) is 39.8 Å². The van der Waals surface area contributed by atoms with Crippen molar-refractivity contribution in [3.8, 4) is 0 Å². The van der Waals surface area contributed by atoms with Crippen LogP contribution in [0.2, 0.25) is 0 Å². The SMILES string of the molecule is CCCN(CC1CC1)C(=O)CSc1nnc(Nc2c(C)cccc2C)s1. The molecule has 1 heterocycles. The van der Waals surface area contributed by atoms with Crippen LogP contribution in [0.5, 0.6) is 0 Å². The highest BCUT2D eigenvalue weighted by molar-refractivity contribution is 8.01. The molecule has 5 nitrogen and oxygen atoms in total. The molecule has 1 aromatic heterocycles. The summed E-state index contributed by atoms with van der Waals surface area (Å²) in [7, 11) is 0. The highest BCUT2D eigenvalue weighted by Crippen LogP contribution is 2.32. The van der Waals surface area contributed by atoms with Crippen LogP contribution >= 0.6 is 23.1 Å². The Kier molecular flexibility index (Phi) is 6.53. The fourth-order valence-corrected chi connectivity index (χ4v) is 4.51. The van der Waals surface area contributed by atoms with Crippen LogP contribution in [0.4, 0.5) is 10.8 Å². The third-order valence-corrected chi connectivity index (χ3v) is 6.42. The van der Waals surface area contributed by atoms with E-state index in [0.717, 1.165) is 40.6 Å². The van der Waals surface area contributed by atoms with E-state index in [1.54, 1.807) is 0 Å². The molecule has 140 valence electrons. The van der Waals surface area contributed by atoms with E-state index in [-0.39, 0.29) is 5.91 Å². The number of carbonyl (C=O) groups is 1. The zero-order valence-corrected chi connectivity index (χ0v) is 17.3. The summed E-state index contributed by atoms with van der Waals surface area (Å²) in [6.07, 6.45) is 3.54. The zero-order valence-electron chi connectivity index (χ0n) is 15.6. The van der Waals surface area contributed by atoms with Crippen molar-refractivity contribution in [2.45, 2.75) is 44.4 Å². The van der Waals surface area contributed by atoms with Crippen molar-refractivity contribution < 1.29 is 4.79 Å². The predicted octanol–water partition coefficient (Wildman–Crippen LogP) is 4.64. The van der Waals surface area contributed by atoms with Gasteiger partial charge in [0.2, 0.25) is 11.0 Å². The van der Waals surface area contributed by atoms with Crippen molar-refractivity contribution in [2.24, 2.45) is 5.92 Å². The Morgan fingerprint density at radius 3 is 2.69 bits per heavy atom. The van der Waals surface area contributed by atoms with Crippen molar-refractivity contribution in [3.05, 3.63) is 29.3 Å². The summed E-state index contributed by atoms with van der Waals surface area (Å²) in [5, 5.41) is 12.6. The predicted molar refractivity (Wildman–Crippen MR) is 109 cm³/mol. The number of rotatable bonds is 9. The molecule has 0 unspecified atom stereocenters. The molecule has 0 atom stereocenters. The number of nitrogens with zero attached hydrogens (tertiary/aromatic N) is 3. The largest absolute Gasteiger partial charge is 0.342 e. The Morgan fingerprint density at radius 1 is 1.31 bits per heavy atom. The summed E-state index contributed by atoms with van der Waals surface area (Å²) >= 11 is 2.98. The van der Waals surface area contributed by atoms with Crippen molar-refractivity contribution in [1.29, 1.82) is 0 Å². The minimum absolute atomic E-state index is 0.211. The summed E-state index contributed by atoms with van der Waals surface area (Å²) in [6, 6.07) is 6.20. The van der Waals surface area contributed by atoms with Crippen molar-refractivity contribution >= 4 is 39.8 Å². The number of amides is 1. The maximum atomic E-state index is 12.5. The van der Waals surface area contributed by atoms with Gasteiger partial charge in [-0.05, 0) is 50.2 Å². The molecule has 1 aliphatic carbocycles. The minimum atomic E-state index is 0.211. The molecule has 1 amide bonds.